The predicted octanol–water partition coefficient (Wildman–Crippen LogP) is 0.00830. The van der Waals surface area contributed by atoms with Crippen LogP contribution in [0.1, 0.15) is 27.0 Å². The van der Waals surface area contributed by atoms with E-state index in [2.05, 4.69) is 0 Å². The Morgan fingerprint density at radius 2 is 1.85 bits per heavy atom. The molecule has 4 rings (SSSR count). The minimum absolute atomic E-state index is 0. The van der Waals surface area contributed by atoms with Crippen LogP contribution in [0.25, 0.3) is 6.08 Å². The largest absolute Gasteiger partial charge is 1.00 e. The van der Waals surface area contributed by atoms with Gasteiger partial charge in [0.25, 0.3) is 0 Å². The number of fused-ring (bicyclic) bond motifs is 2. The van der Waals surface area contributed by atoms with Crippen LogP contribution in [-0.4, -0.2) is 64.5 Å². The van der Waals surface area contributed by atoms with Gasteiger partial charge in [0.2, 0.25) is 12.5 Å². The van der Waals surface area contributed by atoms with Crippen molar-refractivity contribution in [3.63, 3.8) is 0 Å². The molecule has 0 saturated carbocycles. The number of likely N-dealkylation sites (N-methyl/N-ethyl adjacent to an activating group) is 1. The number of halogens is 1. The lowest BCUT2D eigenvalue weighted by Gasteiger charge is -2.38. The Balaban J connectivity index is 0.00000324. The molecule has 0 radical (unpaired) electrons. The van der Waals surface area contributed by atoms with Gasteiger partial charge in [-0.25, -0.2) is 4.79 Å². The highest BCUT2D eigenvalue weighted by Crippen LogP contribution is 2.50. The Hall–Kier alpha value is -3.04. The Bertz CT molecular complexity index is 1130. The van der Waals surface area contributed by atoms with Crippen LogP contribution in [0.2, 0.25) is 0 Å². The SMILES string of the molecule is COC(=O)C[N+]1(C)CCc2c(c(OC)c3c(c2C(=O)C=Cc2cccc(OC)c2)OCO3)C1.[Br-]. The number of methoxy groups -OCH3 is 3. The number of benzene rings is 2. The highest BCUT2D eigenvalue weighted by Gasteiger charge is 2.40. The second kappa shape index (κ2) is 10.5. The third-order valence-corrected chi connectivity index (χ3v) is 6.14. The number of ether oxygens (including phenoxy) is 5. The number of ketones is 1. The molecule has 1 unspecified atom stereocenters. The number of esters is 1. The minimum atomic E-state index is -0.279. The summed E-state index contributed by atoms with van der Waals surface area (Å²) in [6.45, 7) is 1.42. The molecule has 34 heavy (non-hydrogen) atoms. The van der Waals surface area contributed by atoms with E-state index in [4.69, 9.17) is 23.7 Å². The number of carbonyl (C=O) groups excluding carboxylic acids is 2. The number of hydrogen-bond donors (Lipinski definition) is 0. The molecule has 0 fully saturated rings. The molecular weight excluding hydrogens is 506 g/mol. The highest BCUT2D eigenvalue weighted by atomic mass is 79.9. The lowest BCUT2D eigenvalue weighted by atomic mass is 9.89. The van der Waals surface area contributed by atoms with Gasteiger partial charge in [-0.3, -0.25) is 4.79 Å². The minimum Gasteiger partial charge on any atom is -1.00 e. The van der Waals surface area contributed by atoms with Crippen LogP contribution >= 0.6 is 0 Å². The fourth-order valence-electron chi connectivity index (χ4n) is 4.47. The Kier molecular flexibility index (Phi) is 7.89. The molecule has 2 heterocycles. The molecule has 0 aliphatic carbocycles. The van der Waals surface area contributed by atoms with Gasteiger partial charge in [-0.2, -0.15) is 0 Å². The van der Waals surface area contributed by atoms with Gasteiger partial charge in [-0.15, -0.1) is 0 Å². The second-order valence-electron chi connectivity index (χ2n) is 8.39. The van der Waals surface area contributed by atoms with E-state index >= 15 is 0 Å². The van der Waals surface area contributed by atoms with Gasteiger partial charge in [0, 0.05) is 6.42 Å². The normalized spacial score (nSPS) is 18.1. The van der Waals surface area contributed by atoms with Crippen molar-refractivity contribution in [3.8, 4) is 23.0 Å². The van der Waals surface area contributed by atoms with Crippen molar-refractivity contribution in [1.29, 1.82) is 0 Å². The summed E-state index contributed by atoms with van der Waals surface area (Å²) < 4.78 is 27.7. The fourth-order valence-corrected chi connectivity index (χ4v) is 4.47. The van der Waals surface area contributed by atoms with E-state index in [-0.39, 0.29) is 42.1 Å². The highest BCUT2D eigenvalue weighted by molar-refractivity contribution is 6.11. The van der Waals surface area contributed by atoms with E-state index in [0.717, 1.165) is 16.7 Å². The van der Waals surface area contributed by atoms with E-state index < -0.39 is 0 Å². The first-order chi connectivity index (χ1) is 15.9. The standard InChI is InChI=1S/C25H28NO7.BrH/c1-26(14-21(28)30-3)11-10-18-19(13-26)23(31-4)25-24(32-15-33-25)22(18)20(27)9-8-16-6-5-7-17(12-16)29-2;/h5-9,12H,10-11,13-15H2,1-4H3;1H/q+1;/p-1. The van der Waals surface area contributed by atoms with E-state index in [0.29, 0.717) is 52.6 Å². The van der Waals surface area contributed by atoms with E-state index in [1.54, 1.807) is 20.3 Å². The zero-order valence-electron chi connectivity index (χ0n) is 19.7. The molecule has 1 atom stereocenters. The average Bonchev–Trinajstić information content (AvgIpc) is 3.30. The van der Waals surface area contributed by atoms with Crippen LogP contribution in [0.15, 0.2) is 30.3 Å². The number of nitrogens with zero attached hydrogens (tertiary/aromatic N) is 1. The molecule has 0 spiro atoms. The molecule has 2 aromatic carbocycles. The van der Waals surface area contributed by atoms with Crippen molar-refractivity contribution in [3.05, 3.63) is 52.6 Å². The molecule has 0 aromatic heterocycles. The fraction of sp³-hybridized carbons (Fsp3) is 0.360. The molecule has 0 bridgehead atoms. The van der Waals surface area contributed by atoms with Crippen molar-refractivity contribution in [1.82, 2.24) is 0 Å². The molecule has 2 aliphatic rings. The molecule has 9 heteroatoms. The van der Waals surface area contributed by atoms with Crippen molar-refractivity contribution in [2.75, 3.05) is 48.3 Å². The maximum Gasteiger partial charge on any atom is 0.361 e. The first-order valence-electron chi connectivity index (χ1n) is 10.7. The van der Waals surface area contributed by atoms with Crippen LogP contribution in [-0.2, 0) is 22.5 Å². The van der Waals surface area contributed by atoms with Gasteiger partial charge >= 0.3 is 5.97 Å². The molecule has 0 saturated heterocycles. The van der Waals surface area contributed by atoms with Gasteiger partial charge in [0.15, 0.2) is 23.8 Å². The lowest BCUT2D eigenvalue weighted by Crippen LogP contribution is -3.00. The average molecular weight is 534 g/mol. The Morgan fingerprint density at radius 3 is 2.56 bits per heavy atom. The second-order valence-corrected chi connectivity index (χ2v) is 8.39. The van der Waals surface area contributed by atoms with Crippen LogP contribution in [0.5, 0.6) is 23.0 Å². The van der Waals surface area contributed by atoms with Crippen molar-refractivity contribution in [2.24, 2.45) is 0 Å². The third-order valence-electron chi connectivity index (χ3n) is 6.14. The smallest absolute Gasteiger partial charge is 0.361 e. The van der Waals surface area contributed by atoms with Gasteiger partial charge in [0.1, 0.15) is 12.3 Å². The number of rotatable bonds is 7. The third kappa shape index (κ3) is 4.90. The predicted molar refractivity (Wildman–Crippen MR) is 121 cm³/mol. The van der Waals surface area contributed by atoms with Gasteiger partial charge < -0.3 is 45.1 Å². The molecule has 182 valence electrons. The van der Waals surface area contributed by atoms with Crippen LogP contribution in [0.3, 0.4) is 0 Å². The number of carbonyl (C=O) groups is 2. The van der Waals surface area contributed by atoms with Crippen molar-refractivity contribution >= 4 is 17.8 Å². The van der Waals surface area contributed by atoms with Crippen molar-refractivity contribution < 1.29 is 54.7 Å². The Morgan fingerprint density at radius 1 is 1.09 bits per heavy atom. The van der Waals surface area contributed by atoms with E-state index in [9.17, 15) is 9.59 Å². The Labute approximate surface area is 209 Å². The van der Waals surface area contributed by atoms with Gasteiger partial charge in [0.05, 0.1) is 46.0 Å². The topological polar surface area (TPSA) is 80.3 Å². The molecule has 8 nitrogen and oxygen atoms in total. The van der Waals surface area contributed by atoms with Crippen molar-refractivity contribution in [2.45, 2.75) is 13.0 Å². The maximum absolute atomic E-state index is 13.4. The summed E-state index contributed by atoms with van der Waals surface area (Å²) in [5, 5.41) is 0. The summed E-state index contributed by atoms with van der Waals surface area (Å²) in [5.41, 5.74) is 3.07. The van der Waals surface area contributed by atoms with Gasteiger partial charge in [-0.1, -0.05) is 18.2 Å². The first kappa shape index (κ1) is 25.6. The molecular formula is C25H28BrNO7. The lowest BCUT2D eigenvalue weighted by molar-refractivity contribution is -0.917. The molecule has 2 aliphatic heterocycles. The first-order valence-corrected chi connectivity index (χ1v) is 10.7. The summed E-state index contributed by atoms with van der Waals surface area (Å²) in [6.07, 6.45) is 3.88. The number of hydrogen-bond acceptors (Lipinski definition) is 7. The monoisotopic (exact) mass is 533 g/mol. The summed E-state index contributed by atoms with van der Waals surface area (Å²) in [7, 11) is 6.55. The molecule has 2 aromatic rings. The van der Waals surface area contributed by atoms with E-state index in [1.165, 1.54) is 13.2 Å². The number of allylic oxidation sites excluding steroid dienone is 1. The van der Waals surface area contributed by atoms with Crippen LogP contribution in [0, 0.1) is 0 Å². The number of quaternary nitrogens is 1. The zero-order valence-corrected chi connectivity index (χ0v) is 21.3. The summed E-state index contributed by atoms with van der Waals surface area (Å²) >= 11 is 0. The summed E-state index contributed by atoms with van der Waals surface area (Å²) in [6, 6.07) is 7.47. The summed E-state index contributed by atoms with van der Waals surface area (Å²) in [5.74, 6) is 1.66. The zero-order chi connectivity index (χ0) is 23.6. The van der Waals surface area contributed by atoms with Crippen LogP contribution < -0.4 is 35.9 Å². The quantitative estimate of drug-likeness (QED) is 0.214. The summed E-state index contributed by atoms with van der Waals surface area (Å²) in [4.78, 5) is 25.4. The molecule has 0 amide bonds. The van der Waals surface area contributed by atoms with Crippen LogP contribution in [0.4, 0.5) is 0 Å². The van der Waals surface area contributed by atoms with Gasteiger partial charge in [-0.05, 0) is 29.3 Å². The van der Waals surface area contributed by atoms with E-state index in [1.807, 2.05) is 31.3 Å². The maximum atomic E-state index is 13.4. The molecule has 0 N–H and O–H groups in total.